The molecule has 0 aromatic heterocycles. The van der Waals surface area contributed by atoms with Gasteiger partial charge in [-0.3, -0.25) is 19.2 Å². The normalized spacial score (nSPS) is 11.0. The van der Waals surface area contributed by atoms with E-state index in [0.29, 0.717) is 23.6 Å². The molecule has 0 fully saturated rings. The Bertz CT molecular complexity index is 1310. The van der Waals surface area contributed by atoms with Gasteiger partial charge in [0.05, 0.1) is 17.2 Å². The maximum Gasteiger partial charge on any atom is 0.289 e. The van der Waals surface area contributed by atoms with Gasteiger partial charge >= 0.3 is 0 Å². The first kappa shape index (κ1) is 24.7. The minimum Gasteiger partial charge on any atom is -0.494 e. The van der Waals surface area contributed by atoms with Crippen LogP contribution in [0.2, 0.25) is 0 Å². The Kier molecular flexibility index (Phi) is 7.52. The summed E-state index contributed by atoms with van der Waals surface area (Å²) in [6, 6.07) is 16.8. The summed E-state index contributed by atoms with van der Waals surface area (Å²) in [5, 5.41) is 14.2. The van der Waals surface area contributed by atoms with Crippen molar-refractivity contribution in [1.82, 2.24) is 0 Å². The fourth-order valence-corrected chi connectivity index (χ4v) is 5.02. The van der Waals surface area contributed by atoms with Crippen molar-refractivity contribution in [2.45, 2.75) is 25.7 Å². The lowest BCUT2D eigenvalue weighted by molar-refractivity contribution is -0.387. The Labute approximate surface area is 198 Å². The third-order valence-electron chi connectivity index (χ3n) is 5.21. The minimum absolute atomic E-state index is 0.264. The van der Waals surface area contributed by atoms with E-state index in [1.165, 1.54) is 12.1 Å². The molecule has 0 heterocycles. The number of benzene rings is 3. The lowest BCUT2D eigenvalue weighted by Crippen LogP contribution is -2.39. The highest BCUT2D eigenvalue weighted by molar-refractivity contribution is 7.93. The summed E-state index contributed by atoms with van der Waals surface area (Å²) in [5.74, 6) is 0.0312. The number of carbonyl (C=O) groups excluding carboxylic acids is 1. The van der Waals surface area contributed by atoms with Gasteiger partial charge in [-0.15, -0.1) is 0 Å². The smallest absolute Gasteiger partial charge is 0.289 e. The number of nitro groups is 1. The van der Waals surface area contributed by atoms with E-state index >= 15 is 0 Å². The van der Waals surface area contributed by atoms with Gasteiger partial charge in [-0.05, 0) is 68.3 Å². The lowest BCUT2D eigenvalue weighted by atomic mass is 10.1. The summed E-state index contributed by atoms with van der Waals surface area (Å²) >= 11 is 0. The Morgan fingerprint density at radius 3 is 2.35 bits per heavy atom. The zero-order valence-electron chi connectivity index (χ0n) is 19.0. The topological polar surface area (TPSA) is 119 Å². The van der Waals surface area contributed by atoms with Gasteiger partial charge in [-0.2, -0.15) is 0 Å². The van der Waals surface area contributed by atoms with Gasteiger partial charge in [0.1, 0.15) is 12.3 Å². The number of carbonyl (C=O) groups is 1. The molecular weight excluding hydrogens is 458 g/mol. The average Bonchev–Trinajstić information content (AvgIpc) is 2.81. The van der Waals surface area contributed by atoms with Crippen molar-refractivity contribution >= 4 is 33.0 Å². The number of nitro benzene ring substituents is 1. The second kappa shape index (κ2) is 10.3. The van der Waals surface area contributed by atoms with Crippen molar-refractivity contribution < 1.29 is 22.9 Å². The summed E-state index contributed by atoms with van der Waals surface area (Å²) in [7, 11) is -4.46. The van der Waals surface area contributed by atoms with Crippen molar-refractivity contribution in [2.24, 2.45) is 0 Å². The predicted molar refractivity (Wildman–Crippen MR) is 130 cm³/mol. The molecule has 3 aromatic carbocycles. The first-order valence-corrected chi connectivity index (χ1v) is 11.9. The number of nitrogens with zero attached hydrogens (tertiary/aromatic N) is 2. The van der Waals surface area contributed by atoms with Gasteiger partial charge in [0, 0.05) is 11.8 Å². The monoisotopic (exact) mass is 483 g/mol. The van der Waals surface area contributed by atoms with Crippen molar-refractivity contribution in [3.63, 3.8) is 0 Å². The van der Waals surface area contributed by atoms with Crippen LogP contribution in [0.5, 0.6) is 5.75 Å². The summed E-state index contributed by atoms with van der Waals surface area (Å²) in [6.45, 7) is 5.33. The lowest BCUT2D eigenvalue weighted by Gasteiger charge is -2.26. The third-order valence-corrected chi connectivity index (χ3v) is 7.02. The first-order chi connectivity index (χ1) is 16.1. The number of aryl methyl sites for hydroxylation is 1. The zero-order chi connectivity index (χ0) is 24.9. The van der Waals surface area contributed by atoms with E-state index in [-0.39, 0.29) is 5.69 Å². The molecule has 0 bridgehead atoms. The van der Waals surface area contributed by atoms with Crippen LogP contribution in [0.15, 0.2) is 71.6 Å². The maximum absolute atomic E-state index is 13.7. The van der Waals surface area contributed by atoms with Gasteiger partial charge < -0.3 is 10.1 Å². The minimum atomic E-state index is -4.46. The van der Waals surface area contributed by atoms with E-state index in [9.17, 15) is 23.3 Å². The van der Waals surface area contributed by atoms with Gasteiger partial charge in [0.25, 0.3) is 15.7 Å². The molecule has 0 saturated heterocycles. The van der Waals surface area contributed by atoms with Gasteiger partial charge in [-0.25, -0.2) is 8.42 Å². The van der Waals surface area contributed by atoms with Crippen LogP contribution in [0.4, 0.5) is 17.1 Å². The highest BCUT2D eigenvalue weighted by Gasteiger charge is 2.34. The number of anilines is 2. The summed E-state index contributed by atoms with van der Waals surface area (Å²) in [6.07, 6.45) is 0. The van der Waals surface area contributed by atoms with Gasteiger partial charge in [0.15, 0.2) is 4.90 Å². The molecule has 0 aliphatic carbocycles. The molecule has 3 aromatic rings. The molecule has 0 aliphatic heterocycles. The first-order valence-electron chi connectivity index (χ1n) is 10.5. The Hall–Kier alpha value is -3.92. The van der Waals surface area contributed by atoms with E-state index in [0.717, 1.165) is 22.0 Å². The summed E-state index contributed by atoms with van der Waals surface area (Å²) in [4.78, 5) is 23.2. The third kappa shape index (κ3) is 5.34. The van der Waals surface area contributed by atoms with Crippen molar-refractivity contribution in [2.75, 3.05) is 22.8 Å². The fraction of sp³-hybridized carbons (Fsp3) is 0.208. The molecule has 178 valence electrons. The maximum atomic E-state index is 13.7. The fourth-order valence-electron chi connectivity index (χ4n) is 3.38. The standard InChI is InChI=1S/C24H25N3O6S/c1-4-33-20-14-12-19(13-15-20)25-24(28)16-26(21-10-7-8-17(2)18(21)3)34(31,32)23-11-6-5-9-22(23)27(29)30/h5-15H,4,16H2,1-3H3,(H,25,28). The Balaban J connectivity index is 2.00. The summed E-state index contributed by atoms with van der Waals surface area (Å²) in [5.41, 5.74) is 1.60. The van der Waals surface area contributed by atoms with Crippen LogP contribution in [0, 0.1) is 24.0 Å². The number of ether oxygens (including phenoxy) is 1. The molecule has 0 unspecified atom stereocenters. The van der Waals surface area contributed by atoms with Crippen LogP contribution in [-0.4, -0.2) is 32.4 Å². The van der Waals surface area contributed by atoms with E-state index in [2.05, 4.69) is 5.32 Å². The molecule has 10 heteroatoms. The number of sulfonamides is 1. The molecule has 0 spiro atoms. The number of hydrogen-bond donors (Lipinski definition) is 1. The molecule has 0 atom stereocenters. The van der Waals surface area contributed by atoms with Crippen LogP contribution in [0.1, 0.15) is 18.1 Å². The van der Waals surface area contributed by atoms with Gasteiger partial charge in [-0.1, -0.05) is 24.3 Å². The van der Waals surface area contributed by atoms with Crippen molar-refractivity contribution in [3.8, 4) is 5.75 Å². The van der Waals surface area contributed by atoms with Crippen LogP contribution in [-0.2, 0) is 14.8 Å². The predicted octanol–water partition coefficient (Wildman–Crippen LogP) is 4.44. The Morgan fingerprint density at radius 2 is 1.71 bits per heavy atom. The van der Waals surface area contributed by atoms with E-state index in [4.69, 9.17) is 4.74 Å². The quantitative estimate of drug-likeness (QED) is 0.355. The zero-order valence-corrected chi connectivity index (χ0v) is 19.8. The van der Waals surface area contributed by atoms with E-state index in [1.807, 2.05) is 19.9 Å². The molecular formula is C24H25N3O6S. The summed E-state index contributed by atoms with van der Waals surface area (Å²) < 4.78 is 33.6. The molecule has 1 amide bonds. The highest BCUT2D eigenvalue weighted by atomic mass is 32.2. The SMILES string of the molecule is CCOc1ccc(NC(=O)CN(c2cccc(C)c2C)S(=O)(=O)c2ccccc2[N+](=O)[O-])cc1. The number of nitrogens with one attached hydrogen (secondary N) is 1. The number of para-hydroxylation sites is 1. The molecule has 9 nitrogen and oxygen atoms in total. The molecule has 1 N–H and O–H groups in total. The second-order valence-corrected chi connectivity index (χ2v) is 9.29. The Morgan fingerprint density at radius 1 is 1.03 bits per heavy atom. The number of hydrogen-bond acceptors (Lipinski definition) is 6. The number of rotatable bonds is 9. The molecule has 0 saturated carbocycles. The van der Waals surface area contributed by atoms with Crippen LogP contribution in [0.3, 0.4) is 0 Å². The molecule has 0 radical (unpaired) electrons. The van der Waals surface area contributed by atoms with Crippen LogP contribution in [0.25, 0.3) is 0 Å². The molecule has 3 rings (SSSR count). The van der Waals surface area contributed by atoms with Crippen LogP contribution >= 0.6 is 0 Å². The second-order valence-electron chi connectivity index (χ2n) is 7.46. The largest absolute Gasteiger partial charge is 0.494 e. The number of amides is 1. The molecule has 0 aliphatic rings. The van der Waals surface area contributed by atoms with Crippen molar-refractivity contribution in [3.05, 3.63) is 88.0 Å². The van der Waals surface area contributed by atoms with E-state index in [1.54, 1.807) is 43.3 Å². The average molecular weight is 484 g/mol. The van der Waals surface area contributed by atoms with E-state index < -0.39 is 38.0 Å². The van der Waals surface area contributed by atoms with Gasteiger partial charge in [0.2, 0.25) is 5.91 Å². The van der Waals surface area contributed by atoms with Crippen LogP contribution < -0.4 is 14.4 Å². The molecule has 34 heavy (non-hydrogen) atoms. The highest BCUT2D eigenvalue weighted by Crippen LogP contribution is 2.32. The van der Waals surface area contributed by atoms with Crippen molar-refractivity contribution in [1.29, 1.82) is 0 Å².